The van der Waals surface area contributed by atoms with Crippen LogP contribution in [0.2, 0.25) is 5.02 Å². The predicted molar refractivity (Wildman–Crippen MR) is 118 cm³/mol. The fourth-order valence-corrected chi connectivity index (χ4v) is 3.78. The van der Waals surface area contributed by atoms with Gasteiger partial charge in [-0.1, -0.05) is 17.7 Å². The smallest absolute Gasteiger partial charge is 0.295 e. The first kappa shape index (κ1) is 23.4. The summed E-state index contributed by atoms with van der Waals surface area (Å²) in [5.74, 6) is -1.52. The number of amides is 1. The number of methoxy groups -OCH3 is 2. The number of ketones is 1. The highest BCUT2D eigenvalue weighted by Crippen LogP contribution is 2.42. The average Bonchev–Trinajstić information content (AvgIpc) is 3.04. The Morgan fingerprint density at radius 3 is 2.53 bits per heavy atom. The van der Waals surface area contributed by atoms with E-state index in [4.69, 9.17) is 25.8 Å². The van der Waals surface area contributed by atoms with Crippen molar-refractivity contribution in [3.63, 3.8) is 0 Å². The van der Waals surface area contributed by atoms with Gasteiger partial charge in [-0.25, -0.2) is 0 Å². The first-order valence-electron chi connectivity index (χ1n) is 9.91. The van der Waals surface area contributed by atoms with Gasteiger partial charge >= 0.3 is 0 Å². The van der Waals surface area contributed by atoms with Gasteiger partial charge in [0, 0.05) is 19.2 Å². The molecule has 0 aliphatic carbocycles. The highest BCUT2D eigenvalue weighted by atomic mass is 35.5. The number of carbonyl (C=O) groups excluding carboxylic acids is 2. The van der Waals surface area contributed by atoms with Gasteiger partial charge in [-0.2, -0.15) is 0 Å². The maximum absolute atomic E-state index is 13.0. The van der Waals surface area contributed by atoms with E-state index in [1.165, 1.54) is 43.4 Å². The SMILES string of the molecule is CCOc1cc(C2/C(=C(/O)c3ccc(Cl)c(OC)c3)C(=O)C(=O)N2CCOC)ccc1O. The molecule has 1 unspecified atom stereocenters. The summed E-state index contributed by atoms with van der Waals surface area (Å²) in [5, 5.41) is 21.5. The maximum atomic E-state index is 13.0. The zero-order valence-corrected chi connectivity index (χ0v) is 18.7. The highest BCUT2D eigenvalue weighted by Gasteiger charge is 2.46. The first-order chi connectivity index (χ1) is 15.3. The van der Waals surface area contributed by atoms with E-state index in [2.05, 4.69) is 0 Å². The number of likely N-dealkylation sites (tertiary alicyclic amines) is 1. The van der Waals surface area contributed by atoms with E-state index < -0.39 is 17.7 Å². The average molecular weight is 462 g/mol. The van der Waals surface area contributed by atoms with Crippen LogP contribution in [0.4, 0.5) is 0 Å². The molecule has 1 aliphatic rings. The number of nitrogens with zero attached hydrogens (tertiary/aromatic N) is 1. The quantitative estimate of drug-likeness (QED) is 0.352. The molecule has 0 bridgehead atoms. The number of phenolic OH excluding ortho intramolecular Hbond substituents is 1. The number of benzene rings is 2. The van der Waals surface area contributed by atoms with Gasteiger partial charge in [0.25, 0.3) is 11.7 Å². The number of aliphatic hydroxyl groups is 1. The molecule has 3 rings (SSSR count). The van der Waals surface area contributed by atoms with E-state index in [1.807, 2.05) is 0 Å². The second kappa shape index (κ2) is 9.93. The number of Topliss-reactive ketones (excluding diaryl/α,β-unsaturated/α-hetero) is 1. The monoisotopic (exact) mass is 461 g/mol. The Balaban J connectivity index is 2.20. The van der Waals surface area contributed by atoms with Crippen LogP contribution < -0.4 is 9.47 Å². The van der Waals surface area contributed by atoms with Gasteiger partial charge in [0.05, 0.1) is 37.0 Å². The molecule has 2 aromatic carbocycles. The number of halogens is 1. The van der Waals surface area contributed by atoms with Crippen LogP contribution in [0, 0.1) is 0 Å². The third-order valence-electron chi connectivity index (χ3n) is 5.10. The summed E-state index contributed by atoms with van der Waals surface area (Å²) in [6.45, 7) is 2.39. The van der Waals surface area contributed by atoms with Crippen molar-refractivity contribution in [2.45, 2.75) is 13.0 Å². The van der Waals surface area contributed by atoms with Gasteiger partial charge in [0.1, 0.15) is 11.5 Å². The number of hydrogen-bond donors (Lipinski definition) is 2. The summed E-state index contributed by atoms with van der Waals surface area (Å²) < 4.78 is 15.8. The van der Waals surface area contributed by atoms with E-state index >= 15 is 0 Å². The number of aliphatic hydroxyl groups excluding tert-OH is 1. The van der Waals surface area contributed by atoms with Crippen LogP contribution in [0.1, 0.15) is 24.1 Å². The molecule has 0 radical (unpaired) electrons. The lowest BCUT2D eigenvalue weighted by Gasteiger charge is -2.25. The molecule has 170 valence electrons. The molecule has 1 amide bonds. The van der Waals surface area contributed by atoms with Gasteiger partial charge in [0.15, 0.2) is 11.5 Å². The second-order valence-electron chi connectivity index (χ2n) is 6.99. The molecule has 1 atom stereocenters. The molecule has 2 N–H and O–H groups in total. The third kappa shape index (κ3) is 4.37. The molecule has 32 heavy (non-hydrogen) atoms. The van der Waals surface area contributed by atoms with Crippen molar-refractivity contribution in [3.8, 4) is 17.2 Å². The summed E-state index contributed by atoms with van der Waals surface area (Å²) in [4.78, 5) is 27.2. The van der Waals surface area contributed by atoms with Gasteiger partial charge in [-0.3, -0.25) is 9.59 Å². The number of carbonyl (C=O) groups is 2. The summed E-state index contributed by atoms with van der Waals surface area (Å²) in [7, 11) is 2.92. The van der Waals surface area contributed by atoms with E-state index in [0.29, 0.717) is 22.9 Å². The molecule has 1 aliphatic heterocycles. The van der Waals surface area contributed by atoms with Crippen molar-refractivity contribution in [2.24, 2.45) is 0 Å². The fourth-order valence-electron chi connectivity index (χ4n) is 3.58. The summed E-state index contributed by atoms with van der Waals surface area (Å²) in [6, 6.07) is 8.17. The summed E-state index contributed by atoms with van der Waals surface area (Å²) >= 11 is 6.08. The summed E-state index contributed by atoms with van der Waals surface area (Å²) in [6.07, 6.45) is 0. The highest BCUT2D eigenvalue weighted by molar-refractivity contribution is 6.46. The standard InChI is InChI=1S/C23H24ClNO7/c1-4-32-18-11-13(6-8-16(18)26)20-19(22(28)23(29)25(20)9-10-30-2)21(27)14-5-7-15(24)17(12-14)31-3/h5-8,11-12,20,26-27H,4,9-10H2,1-3H3/b21-19-. The van der Waals surface area contributed by atoms with E-state index in [9.17, 15) is 19.8 Å². The Morgan fingerprint density at radius 2 is 1.88 bits per heavy atom. The topological polar surface area (TPSA) is 106 Å². The van der Waals surface area contributed by atoms with Crippen LogP contribution in [-0.4, -0.2) is 60.8 Å². The van der Waals surface area contributed by atoms with E-state index in [-0.39, 0.29) is 41.5 Å². The van der Waals surface area contributed by atoms with Crippen molar-refractivity contribution in [1.82, 2.24) is 4.90 Å². The molecule has 0 aromatic heterocycles. The maximum Gasteiger partial charge on any atom is 0.295 e. The number of aromatic hydroxyl groups is 1. The van der Waals surface area contributed by atoms with Crippen LogP contribution in [0.15, 0.2) is 42.0 Å². The zero-order chi connectivity index (χ0) is 23.4. The molecule has 1 heterocycles. The third-order valence-corrected chi connectivity index (χ3v) is 5.41. The normalized spacial score (nSPS) is 17.6. The largest absolute Gasteiger partial charge is 0.507 e. The van der Waals surface area contributed by atoms with Crippen molar-refractivity contribution in [2.75, 3.05) is 34.0 Å². The minimum atomic E-state index is -0.911. The second-order valence-corrected chi connectivity index (χ2v) is 7.40. The first-order valence-corrected chi connectivity index (χ1v) is 10.3. The predicted octanol–water partition coefficient (Wildman–Crippen LogP) is 3.52. The lowest BCUT2D eigenvalue weighted by atomic mass is 9.95. The summed E-state index contributed by atoms with van der Waals surface area (Å²) in [5.41, 5.74) is 0.664. The molecule has 0 saturated carbocycles. The molecule has 0 spiro atoms. The van der Waals surface area contributed by atoms with Crippen molar-refractivity contribution < 1.29 is 34.0 Å². The minimum absolute atomic E-state index is 0.0770. The molecule has 2 aromatic rings. The Kier molecular flexibility index (Phi) is 7.27. The molecule has 9 heteroatoms. The Morgan fingerprint density at radius 1 is 1.12 bits per heavy atom. The van der Waals surface area contributed by atoms with Crippen LogP contribution in [0.5, 0.6) is 17.2 Å². The molecule has 8 nitrogen and oxygen atoms in total. The Labute approximate surface area is 190 Å². The van der Waals surface area contributed by atoms with Gasteiger partial charge in [-0.05, 0) is 42.8 Å². The number of ether oxygens (including phenoxy) is 3. The lowest BCUT2D eigenvalue weighted by Crippen LogP contribution is -2.32. The molecular formula is C23H24ClNO7. The van der Waals surface area contributed by atoms with Crippen LogP contribution in [0.3, 0.4) is 0 Å². The Bertz CT molecular complexity index is 1070. The van der Waals surface area contributed by atoms with Crippen molar-refractivity contribution >= 4 is 29.1 Å². The zero-order valence-electron chi connectivity index (χ0n) is 17.9. The van der Waals surface area contributed by atoms with Crippen LogP contribution in [0.25, 0.3) is 5.76 Å². The van der Waals surface area contributed by atoms with E-state index in [1.54, 1.807) is 19.1 Å². The van der Waals surface area contributed by atoms with Crippen LogP contribution >= 0.6 is 11.6 Å². The van der Waals surface area contributed by atoms with Gasteiger partial charge < -0.3 is 29.3 Å². The van der Waals surface area contributed by atoms with E-state index in [0.717, 1.165) is 0 Å². The minimum Gasteiger partial charge on any atom is -0.507 e. The number of rotatable bonds is 8. The number of phenols is 1. The van der Waals surface area contributed by atoms with Gasteiger partial charge in [0.2, 0.25) is 0 Å². The number of hydrogen-bond acceptors (Lipinski definition) is 7. The molecule has 1 saturated heterocycles. The van der Waals surface area contributed by atoms with Crippen LogP contribution in [-0.2, 0) is 14.3 Å². The fraction of sp³-hybridized carbons (Fsp3) is 0.304. The molecule has 1 fully saturated rings. The van der Waals surface area contributed by atoms with Crippen molar-refractivity contribution in [1.29, 1.82) is 0 Å². The van der Waals surface area contributed by atoms with Gasteiger partial charge in [-0.15, -0.1) is 0 Å². The van der Waals surface area contributed by atoms with Crippen molar-refractivity contribution in [3.05, 3.63) is 58.1 Å². The Hall–Kier alpha value is -3.23. The lowest BCUT2D eigenvalue weighted by molar-refractivity contribution is -0.140. The molecular weight excluding hydrogens is 438 g/mol.